The summed E-state index contributed by atoms with van der Waals surface area (Å²) in [6, 6.07) is 6.48. The summed E-state index contributed by atoms with van der Waals surface area (Å²) in [4.78, 5) is 12.8. The molecule has 1 saturated heterocycles. The molecule has 0 bridgehead atoms. The molecule has 1 heterocycles. The Morgan fingerprint density at radius 2 is 2.00 bits per heavy atom. The fourth-order valence-corrected chi connectivity index (χ4v) is 2.61. The Hall–Kier alpha value is -2.13. The monoisotopic (exact) mass is 288 g/mol. The van der Waals surface area contributed by atoms with Crippen molar-refractivity contribution < 1.29 is 4.92 Å². The Kier molecular flexibility index (Phi) is 5.52. The number of nitrogens with one attached hydrogen (secondary N) is 1. The van der Waals surface area contributed by atoms with E-state index in [9.17, 15) is 10.1 Å². The highest BCUT2D eigenvalue weighted by Gasteiger charge is 2.14. The maximum atomic E-state index is 10.9. The first-order valence-corrected chi connectivity index (χ1v) is 7.35. The normalized spacial score (nSPS) is 16.0. The third-order valence-corrected chi connectivity index (χ3v) is 3.77. The molecular weight excluding hydrogens is 268 g/mol. The quantitative estimate of drug-likeness (QED) is 0.665. The van der Waals surface area contributed by atoms with Gasteiger partial charge >= 0.3 is 0 Å². The molecule has 2 rings (SSSR count). The van der Waals surface area contributed by atoms with Crippen molar-refractivity contribution in [1.82, 2.24) is 4.90 Å². The molecule has 112 valence electrons. The van der Waals surface area contributed by atoms with Gasteiger partial charge in [0.1, 0.15) is 11.6 Å². The summed E-state index contributed by atoms with van der Waals surface area (Å²) in [6.07, 6.45) is 5.13. The van der Waals surface area contributed by atoms with Crippen LogP contribution in [0.15, 0.2) is 18.2 Å². The van der Waals surface area contributed by atoms with E-state index in [1.807, 2.05) is 6.07 Å². The minimum atomic E-state index is -0.515. The van der Waals surface area contributed by atoms with E-state index in [1.54, 1.807) is 6.07 Å². The van der Waals surface area contributed by atoms with Crippen molar-refractivity contribution in [3.8, 4) is 6.07 Å². The van der Waals surface area contributed by atoms with Crippen molar-refractivity contribution in [3.05, 3.63) is 33.9 Å². The number of nitro groups is 1. The highest BCUT2D eigenvalue weighted by atomic mass is 16.6. The van der Waals surface area contributed by atoms with Gasteiger partial charge in [-0.3, -0.25) is 10.1 Å². The second kappa shape index (κ2) is 7.60. The molecule has 0 radical (unpaired) electrons. The predicted molar refractivity (Wildman–Crippen MR) is 81.2 cm³/mol. The lowest BCUT2D eigenvalue weighted by molar-refractivity contribution is -0.385. The number of nitriles is 1. The second-order valence-electron chi connectivity index (χ2n) is 5.28. The standard InChI is InChI=1S/C15H20N4O2/c16-12-13-5-6-14(11-15(13)19(20)21)17-7-10-18-8-3-1-2-4-9-18/h5-6,11,17H,1-4,7-10H2. The molecule has 0 aliphatic carbocycles. The van der Waals surface area contributed by atoms with Gasteiger partial charge in [0.05, 0.1) is 4.92 Å². The first-order chi connectivity index (χ1) is 10.2. The number of rotatable bonds is 5. The summed E-state index contributed by atoms with van der Waals surface area (Å²) in [5, 5.41) is 23.0. The lowest BCUT2D eigenvalue weighted by Gasteiger charge is -2.20. The van der Waals surface area contributed by atoms with Crippen LogP contribution < -0.4 is 5.32 Å². The fourth-order valence-electron chi connectivity index (χ4n) is 2.61. The van der Waals surface area contributed by atoms with Crippen LogP contribution in [0.5, 0.6) is 0 Å². The fraction of sp³-hybridized carbons (Fsp3) is 0.533. The maximum absolute atomic E-state index is 10.9. The van der Waals surface area contributed by atoms with E-state index in [0.717, 1.165) is 26.2 Å². The zero-order chi connectivity index (χ0) is 15.1. The van der Waals surface area contributed by atoms with Crippen LogP contribution in [0.25, 0.3) is 0 Å². The molecule has 1 aromatic rings. The van der Waals surface area contributed by atoms with E-state index >= 15 is 0 Å². The largest absolute Gasteiger partial charge is 0.384 e. The summed E-state index contributed by atoms with van der Waals surface area (Å²) >= 11 is 0. The second-order valence-corrected chi connectivity index (χ2v) is 5.28. The highest BCUT2D eigenvalue weighted by Crippen LogP contribution is 2.22. The Morgan fingerprint density at radius 1 is 1.29 bits per heavy atom. The number of benzene rings is 1. The van der Waals surface area contributed by atoms with Crippen molar-refractivity contribution in [2.24, 2.45) is 0 Å². The van der Waals surface area contributed by atoms with Crippen molar-refractivity contribution >= 4 is 11.4 Å². The molecule has 1 aromatic carbocycles. The number of hydrogen-bond acceptors (Lipinski definition) is 5. The molecule has 0 unspecified atom stereocenters. The number of hydrogen-bond donors (Lipinski definition) is 1. The van der Waals surface area contributed by atoms with Crippen molar-refractivity contribution in [2.75, 3.05) is 31.5 Å². The van der Waals surface area contributed by atoms with Crippen molar-refractivity contribution in [3.63, 3.8) is 0 Å². The summed E-state index contributed by atoms with van der Waals surface area (Å²) in [5.41, 5.74) is 0.644. The Bertz CT molecular complexity index is 531. The van der Waals surface area contributed by atoms with Crippen molar-refractivity contribution in [1.29, 1.82) is 5.26 Å². The average Bonchev–Trinajstić information content (AvgIpc) is 2.76. The molecule has 21 heavy (non-hydrogen) atoms. The van der Waals surface area contributed by atoms with E-state index in [0.29, 0.717) is 5.69 Å². The van der Waals surface area contributed by atoms with E-state index in [-0.39, 0.29) is 11.3 Å². The Labute approximate surface area is 124 Å². The van der Waals surface area contributed by atoms with E-state index in [2.05, 4.69) is 10.2 Å². The maximum Gasteiger partial charge on any atom is 0.289 e. The summed E-state index contributed by atoms with van der Waals surface area (Å²) in [5.74, 6) is 0. The van der Waals surface area contributed by atoms with Crippen LogP contribution in [0.4, 0.5) is 11.4 Å². The van der Waals surface area contributed by atoms with Gasteiger partial charge in [-0.05, 0) is 38.1 Å². The van der Waals surface area contributed by atoms with Gasteiger partial charge in [0.25, 0.3) is 5.69 Å². The molecule has 0 saturated carbocycles. The lowest BCUT2D eigenvalue weighted by atomic mass is 10.2. The predicted octanol–water partition coefficient (Wildman–Crippen LogP) is 2.75. The SMILES string of the molecule is N#Cc1ccc(NCCN2CCCCCC2)cc1[N+](=O)[O-]. The van der Waals surface area contributed by atoms with Crippen LogP contribution in [0.3, 0.4) is 0 Å². The van der Waals surface area contributed by atoms with E-state index in [1.165, 1.54) is 37.8 Å². The topological polar surface area (TPSA) is 82.2 Å². The minimum Gasteiger partial charge on any atom is -0.384 e. The van der Waals surface area contributed by atoms with Gasteiger partial charge in [-0.25, -0.2) is 0 Å². The van der Waals surface area contributed by atoms with E-state index < -0.39 is 4.92 Å². The first-order valence-electron chi connectivity index (χ1n) is 7.35. The van der Waals surface area contributed by atoms with Gasteiger partial charge in [0.15, 0.2) is 0 Å². The summed E-state index contributed by atoms with van der Waals surface area (Å²) < 4.78 is 0. The van der Waals surface area contributed by atoms with E-state index in [4.69, 9.17) is 5.26 Å². The van der Waals surface area contributed by atoms with Crippen LogP contribution in [-0.4, -0.2) is 36.0 Å². The molecule has 1 fully saturated rings. The van der Waals surface area contributed by atoms with Gasteiger partial charge in [-0.1, -0.05) is 12.8 Å². The van der Waals surface area contributed by atoms with Crippen LogP contribution in [0.2, 0.25) is 0 Å². The summed E-state index contributed by atoms with van der Waals surface area (Å²) in [6.45, 7) is 3.96. The molecule has 1 aliphatic heterocycles. The molecule has 6 heteroatoms. The Morgan fingerprint density at radius 3 is 2.62 bits per heavy atom. The molecule has 1 N–H and O–H groups in total. The van der Waals surface area contributed by atoms with Crippen LogP contribution in [0.1, 0.15) is 31.2 Å². The van der Waals surface area contributed by atoms with Crippen molar-refractivity contribution in [2.45, 2.75) is 25.7 Å². The lowest BCUT2D eigenvalue weighted by Crippen LogP contribution is -2.29. The molecular formula is C15H20N4O2. The number of likely N-dealkylation sites (tertiary alicyclic amines) is 1. The van der Waals surface area contributed by atoms with Gasteiger partial charge in [-0.15, -0.1) is 0 Å². The zero-order valence-electron chi connectivity index (χ0n) is 12.0. The summed E-state index contributed by atoms with van der Waals surface area (Å²) in [7, 11) is 0. The zero-order valence-corrected chi connectivity index (χ0v) is 12.0. The molecule has 1 aliphatic rings. The molecule has 6 nitrogen and oxygen atoms in total. The number of nitro benzene ring substituents is 1. The highest BCUT2D eigenvalue weighted by molar-refractivity contribution is 5.59. The smallest absolute Gasteiger partial charge is 0.289 e. The van der Waals surface area contributed by atoms with Crippen LogP contribution >= 0.6 is 0 Å². The molecule has 0 spiro atoms. The van der Waals surface area contributed by atoms with Gasteiger partial charge in [-0.2, -0.15) is 5.26 Å². The van der Waals surface area contributed by atoms with Crippen LogP contribution in [-0.2, 0) is 0 Å². The molecule has 0 amide bonds. The molecule has 0 atom stereocenters. The first kappa shape index (κ1) is 15.3. The van der Waals surface area contributed by atoms with Crippen LogP contribution in [0, 0.1) is 21.4 Å². The molecule has 0 aromatic heterocycles. The van der Waals surface area contributed by atoms with Gasteiger partial charge < -0.3 is 10.2 Å². The average molecular weight is 288 g/mol. The van der Waals surface area contributed by atoms with Gasteiger partial charge in [0.2, 0.25) is 0 Å². The third kappa shape index (κ3) is 4.43. The third-order valence-electron chi connectivity index (χ3n) is 3.77. The number of anilines is 1. The Balaban J connectivity index is 1.89. The van der Waals surface area contributed by atoms with Gasteiger partial charge in [0, 0.05) is 24.8 Å². The minimum absolute atomic E-state index is 0.0954. The number of nitrogens with zero attached hydrogens (tertiary/aromatic N) is 3.